The fraction of sp³-hybridized carbons (Fsp3) is 0.632. The lowest BCUT2D eigenvalue weighted by Crippen LogP contribution is -2.63. The first-order valence-electron chi connectivity index (χ1n) is 10.1. The molecule has 168 valence electrons. The molecule has 0 aromatic carbocycles. The molecule has 0 saturated carbocycles. The number of β-lactam (4-membered cyclic amide) rings is 1. The van der Waals surface area contributed by atoms with Gasteiger partial charge in [0.2, 0.25) is 5.91 Å². The number of thioether (sulfide) groups is 1. The van der Waals surface area contributed by atoms with Crippen LogP contribution in [-0.2, 0) is 23.1 Å². The van der Waals surface area contributed by atoms with E-state index in [0.717, 1.165) is 0 Å². The highest BCUT2D eigenvalue weighted by Gasteiger charge is 2.60. The number of aliphatic hydroxyl groups excluding tert-OH is 1. The quantitative estimate of drug-likeness (QED) is 0.302. The third kappa shape index (κ3) is 3.62. The van der Waals surface area contributed by atoms with Crippen molar-refractivity contribution < 1.29 is 19.8 Å². The standard InChI is InChI=1S/C19H25N5O6S/c1-7-13-12(8(2)25)18(28)24(13)14(19(29)30)15(7)31-10-4-9(20-6-10)5-11-21-16(26)17(27)22-23(11)3/h7-10,12-13,20,25H,4-6H2,1-3H3,(H,22,27)(H,29,30)/t7?,8?,9-,10?,12?,13?/m0/s1. The van der Waals surface area contributed by atoms with Crippen molar-refractivity contribution in [3.63, 3.8) is 0 Å². The van der Waals surface area contributed by atoms with Gasteiger partial charge in [-0.05, 0) is 13.3 Å². The lowest BCUT2D eigenvalue weighted by Gasteiger charge is -2.46. The van der Waals surface area contributed by atoms with Gasteiger partial charge in [-0.3, -0.25) is 24.2 Å². The van der Waals surface area contributed by atoms with Gasteiger partial charge in [-0.15, -0.1) is 11.8 Å². The SMILES string of the molecule is CC(O)C1C(=O)N2C(C(=O)O)=C(SC3CN[C@H](Cc4nc(=O)c(=O)[nH]n4C)C3)C(C)C12. The number of rotatable bonds is 6. The minimum Gasteiger partial charge on any atom is -0.477 e. The average Bonchev–Trinajstić information content (AvgIpc) is 3.21. The molecule has 31 heavy (non-hydrogen) atoms. The van der Waals surface area contributed by atoms with E-state index >= 15 is 0 Å². The molecule has 12 heteroatoms. The fourth-order valence-electron chi connectivity index (χ4n) is 4.80. The summed E-state index contributed by atoms with van der Waals surface area (Å²) in [6, 6.07) is -0.318. The van der Waals surface area contributed by atoms with Gasteiger partial charge >= 0.3 is 17.1 Å². The number of carboxylic acid groups (broad SMARTS) is 1. The maximum atomic E-state index is 12.5. The van der Waals surface area contributed by atoms with Gasteiger partial charge in [0.25, 0.3) is 0 Å². The second-order valence-electron chi connectivity index (χ2n) is 8.39. The van der Waals surface area contributed by atoms with Crippen LogP contribution in [0.25, 0.3) is 0 Å². The van der Waals surface area contributed by atoms with Crippen LogP contribution in [0.3, 0.4) is 0 Å². The van der Waals surface area contributed by atoms with E-state index in [9.17, 15) is 29.4 Å². The largest absolute Gasteiger partial charge is 0.477 e. The summed E-state index contributed by atoms with van der Waals surface area (Å²) in [6.07, 6.45) is 0.322. The summed E-state index contributed by atoms with van der Waals surface area (Å²) in [6.45, 7) is 4.09. The van der Waals surface area contributed by atoms with Crippen LogP contribution in [0.2, 0.25) is 0 Å². The number of aliphatic carboxylic acids is 1. The number of hydrogen-bond acceptors (Lipinski definition) is 8. The molecule has 0 bridgehead atoms. The Morgan fingerprint density at radius 3 is 2.71 bits per heavy atom. The van der Waals surface area contributed by atoms with Crippen molar-refractivity contribution in [1.29, 1.82) is 0 Å². The molecule has 0 spiro atoms. The lowest BCUT2D eigenvalue weighted by molar-refractivity contribution is -0.163. The number of aliphatic hydroxyl groups is 1. The Labute approximate surface area is 181 Å². The minimum atomic E-state index is -1.14. The van der Waals surface area contributed by atoms with Gasteiger partial charge in [0, 0.05) is 42.1 Å². The van der Waals surface area contributed by atoms with E-state index in [1.807, 2.05) is 6.92 Å². The Bertz CT molecular complexity index is 1080. The third-order valence-electron chi connectivity index (χ3n) is 6.30. The second kappa shape index (κ2) is 7.92. The molecule has 4 rings (SSSR count). The van der Waals surface area contributed by atoms with E-state index < -0.39 is 29.1 Å². The first-order chi connectivity index (χ1) is 14.6. The number of carbonyl (C=O) groups excluding carboxylic acids is 1. The van der Waals surface area contributed by atoms with Crippen LogP contribution in [0, 0.1) is 11.8 Å². The number of aryl methyl sites for hydroxylation is 1. The van der Waals surface area contributed by atoms with Gasteiger partial charge in [0.05, 0.1) is 18.1 Å². The third-order valence-corrected chi connectivity index (χ3v) is 7.81. The number of aromatic nitrogens is 3. The van der Waals surface area contributed by atoms with Crippen LogP contribution in [0.5, 0.6) is 0 Å². The smallest absolute Gasteiger partial charge is 0.353 e. The number of nitrogens with zero attached hydrogens (tertiary/aromatic N) is 3. The predicted molar refractivity (Wildman–Crippen MR) is 111 cm³/mol. The first-order valence-corrected chi connectivity index (χ1v) is 11.0. The zero-order valence-corrected chi connectivity index (χ0v) is 18.2. The number of fused-ring (bicyclic) bond motifs is 1. The van der Waals surface area contributed by atoms with E-state index in [1.165, 1.54) is 21.3 Å². The zero-order valence-electron chi connectivity index (χ0n) is 17.4. The number of hydrogen-bond donors (Lipinski definition) is 4. The summed E-state index contributed by atoms with van der Waals surface area (Å²) < 4.78 is 1.43. The van der Waals surface area contributed by atoms with E-state index in [0.29, 0.717) is 30.1 Å². The number of carbonyl (C=O) groups is 2. The second-order valence-corrected chi connectivity index (χ2v) is 9.73. The summed E-state index contributed by atoms with van der Waals surface area (Å²) in [5.74, 6) is -1.77. The minimum absolute atomic E-state index is 0.0101. The topological polar surface area (TPSA) is 158 Å². The Morgan fingerprint density at radius 1 is 1.35 bits per heavy atom. The molecule has 3 aliphatic heterocycles. The normalized spacial score (nSPS) is 31.0. The van der Waals surface area contributed by atoms with E-state index in [4.69, 9.17) is 0 Å². The monoisotopic (exact) mass is 451 g/mol. The number of carboxylic acids is 1. The van der Waals surface area contributed by atoms with Crippen LogP contribution in [0.4, 0.5) is 0 Å². The molecular formula is C19H25N5O6S. The number of aromatic amines is 1. The molecule has 2 fully saturated rings. The maximum absolute atomic E-state index is 12.5. The maximum Gasteiger partial charge on any atom is 0.353 e. The predicted octanol–water partition coefficient (Wildman–Crippen LogP) is -1.37. The van der Waals surface area contributed by atoms with Gasteiger partial charge in [0.15, 0.2) is 0 Å². The molecule has 0 aliphatic carbocycles. The lowest BCUT2D eigenvalue weighted by atomic mass is 9.79. The first kappa shape index (κ1) is 21.8. The van der Waals surface area contributed by atoms with Crippen molar-refractivity contribution in [2.75, 3.05) is 6.54 Å². The zero-order chi connectivity index (χ0) is 22.6. The van der Waals surface area contributed by atoms with Gasteiger partial charge < -0.3 is 20.4 Å². The van der Waals surface area contributed by atoms with Crippen LogP contribution >= 0.6 is 11.8 Å². The number of H-pyrrole nitrogens is 1. The number of amides is 1. The molecule has 1 amide bonds. The summed E-state index contributed by atoms with van der Waals surface area (Å²) in [4.78, 5) is 53.1. The van der Waals surface area contributed by atoms with Gasteiger partial charge in [-0.1, -0.05) is 6.92 Å². The van der Waals surface area contributed by atoms with Gasteiger partial charge in [-0.2, -0.15) is 4.98 Å². The van der Waals surface area contributed by atoms with Crippen molar-refractivity contribution in [2.24, 2.45) is 18.9 Å². The van der Waals surface area contributed by atoms with Crippen LogP contribution in [0.15, 0.2) is 20.2 Å². The van der Waals surface area contributed by atoms with Crippen LogP contribution in [0.1, 0.15) is 26.1 Å². The van der Waals surface area contributed by atoms with E-state index in [-0.39, 0.29) is 34.9 Å². The molecular weight excluding hydrogens is 426 g/mol. The van der Waals surface area contributed by atoms with Gasteiger partial charge in [0.1, 0.15) is 11.5 Å². The van der Waals surface area contributed by atoms with Crippen LogP contribution < -0.4 is 16.4 Å². The summed E-state index contributed by atoms with van der Waals surface area (Å²) in [5.41, 5.74) is -1.57. The summed E-state index contributed by atoms with van der Waals surface area (Å²) in [7, 11) is 1.62. The van der Waals surface area contributed by atoms with Gasteiger partial charge in [-0.25, -0.2) is 4.79 Å². The van der Waals surface area contributed by atoms with Crippen molar-refractivity contribution in [3.8, 4) is 0 Å². The van der Waals surface area contributed by atoms with Crippen molar-refractivity contribution in [2.45, 2.75) is 50.1 Å². The Kier molecular flexibility index (Phi) is 5.56. The molecule has 4 N–H and O–H groups in total. The van der Waals surface area contributed by atoms with E-state index in [1.54, 1.807) is 14.0 Å². The molecule has 6 atom stereocenters. The average molecular weight is 452 g/mol. The Morgan fingerprint density at radius 2 is 2.06 bits per heavy atom. The molecule has 1 aromatic rings. The fourth-order valence-corrected chi connectivity index (χ4v) is 6.31. The van der Waals surface area contributed by atoms with Crippen LogP contribution in [-0.4, -0.2) is 71.7 Å². The highest BCUT2D eigenvalue weighted by atomic mass is 32.2. The van der Waals surface area contributed by atoms with Crippen molar-refractivity contribution in [3.05, 3.63) is 37.1 Å². The molecule has 1 aromatic heterocycles. The summed E-state index contributed by atoms with van der Waals surface area (Å²) in [5, 5.41) is 25.6. The highest BCUT2D eigenvalue weighted by Crippen LogP contribution is 2.51. The molecule has 4 heterocycles. The Balaban J connectivity index is 1.48. The molecule has 2 saturated heterocycles. The molecule has 11 nitrogen and oxygen atoms in total. The van der Waals surface area contributed by atoms with E-state index in [2.05, 4.69) is 15.4 Å². The van der Waals surface area contributed by atoms with Crippen molar-refractivity contribution in [1.82, 2.24) is 25.0 Å². The Hall–Kier alpha value is -2.44. The van der Waals surface area contributed by atoms with Crippen molar-refractivity contribution >= 4 is 23.6 Å². The highest BCUT2D eigenvalue weighted by molar-refractivity contribution is 8.03. The molecule has 0 radical (unpaired) electrons. The molecule has 5 unspecified atom stereocenters. The summed E-state index contributed by atoms with van der Waals surface area (Å²) >= 11 is 1.46. The molecule has 3 aliphatic rings. The number of nitrogens with one attached hydrogen (secondary N) is 2.